The Kier molecular flexibility index (Phi) is 4.79. The van der Waals surface area contributed by atoms with Crippen molar-refractivity contribution in [2.45, 2.75) is 24.8 Å². The first-order chi connectivity index (χ1) is 9.05. The molecule has 3 nitrogen and oxygen atoms in total. The van der Waals surface area contributed by atoms with Crippen molar-refractivity contribution in [1.82, 2.24) is 10.6 Å². The number of rotatable bonds is 4. The molecule has 0 amide bonds. The number of halogens is 3. The Morgan fingerprint density at radius 1 is 1.32 bits per heavy atom. The molecule has 1 aromatic carbocycles. The smallest absolute Gasteiger partial charge is 0.377 e. The topological polar surface area (TPSA) is 35.4 Å². The average Bonchev–Trinajstić information content (AvgIpc) is 2.39. The normalized spacial score (nSPS) is 22.2. The summed E-state index contributed by atoms with van der Waals surface area (Å²) in [5.41, 5.74) is 0.647. The molecule has 0 bridgehead atoms. The van der Waals surface area contributed by atoms with Gasteiger partial charge in [-0.2, -0.15) is 13.2 Å². The van der Waals surface area contributed by atoms with Gasteiger partial charge in [-0.25, -0.2) is 5.32 Å². The van der Waals surface area contributed by atoms with Crippen molar-refractivity contribution in [3.05, 3.63) is 35.9 Å². The van der Waals surface area contributed by atoms with Crippen LogP contribution in [0.1, 0.15) is 5.56 Å². The van der Waals surface area contributed by atoms with Crippen LogP contribution in [0, 0.1) is 0 Å². The second-order valence-electron chi connectivity index (χ2n) is 4.45. The molecule has 19 heavy (non-hydrogen) atoms. The third-order valence-electron chi connectivity index (χ3n) is 2.93. The van der Waals surface area contributed by atoms with E-state index in [9.17, 15) is 13.2 Å². The molecule has 6 heteroatoms. The maximum Gasteiger partial charge on any atom is 0.404 e. The average molecular weight is 273 g/mol. The molecule has 0 aromatic heterocycles. The van der Waals surface area contributed by atoms with E-state index in [-0.39, 0.29) is 13.0 Å². The zero-order valence-electron chi connectivity index (χ0n) is 10.4. The van der Waals surface area contributed by atoms with E-state index in [1.54, 1.807) is 30.3 Å². The minimum atomic E-state index is -4.30. The molecule has 1 radical (unpaired) electrons. The first kappa shape index (κ1) is 14.3. The zero-order valence-corrected chi connectivity index (χ0v) is 10.4. The monoisotopic (exact) mass is 273 g/mol. The standard InChI is InChI=1S/C13H16F3N2O/c14-13(15,16)11(8-10-4-2-1-3-5-10)18-12-9-19-7-6-17-12/h1-5,11-12,18H,6-9H2. The number of ether oxygens (including phenoxy) is 1. The van der Waals surface area contributed by atoms with E-state index >= 15 is 0 Å². The lowest BCUT2D eigenvalue weighted by Gasteiger charge is -2.29. The fraction of sp³-hybridized carbons (Fsp3) is 0.538. The van der Waals surface area contributed by atoms with Crippen molar-refractivity contribution in [1.29, 1.82) is 0 Å². The number of morpholine rings is 1. The Hall–Kier alpha value is -1.11. The largest absolute Gasteiger partial charge is 0.404 e. The van der Waals surface area contributed by atoms with Gasteiger partial charge in [-0.15, -0.1) is 0 Å². The molecule has 1 saturated heterocycles. The summed E-state index contributed by atoms with van der Waals surface area (Å²) in [7, 11) is 0. The molecule has 2 unspecified atom stereocenters. The van der Waals surface area contributed by atoms with Crippen molar-refractivity contribution in [2.24, 2.45) is 0 Å². The van der Waals surface area contributed by atoms with Gasteiger partial charge in [0.25, 0.3) is 0 Å². The molecule has 1 heterocycles. The molecule has 1 aliphatic rings. The van der Waals surface area contributed by atoms with Gasteiger partial charge in [0.1, 0.15) is 6.04 Å². The second-order valence-corrected chi connectivity index (χ2v) is 4.45. The number of alkyl halides is 3. The lowest BCUT2D eigenvalue weighted by Crippen LogP contribution is -2.55. The van der Waals surface area contributed by atoms with Crippen LogP contribution >= 0.6 is 0 Å². The summed E-state index contributed by atoms with van der Waals surface area (Å²) in [6, 6.07) is 7.02. The van der Waals surface area contributed by atoms with Gasteiger partial charge in [-0.3, -0.25) is 5.32 Å². The van der Waals surface area contributed by atoms with Crippen molar-refractivity contribution in [2.75, 3.05) is 19.8 Å². The van der Waals surface area contributed by atoms with Crippen LogP contribution in [-0.4, -0.2) is 38.1 Å². The number of nitrogens with one attached hydrogen (secondary N) is 1. The van der Waals surface area contributed by atoms with Gasteiger partial charge >= 0.3 is 6.18 Å². The maximum absolute atomic E-state index is 13.0. The van der Waals surface area contributed by atoms with Gasteiger partial charge in [0.2, 0.25) is 0 Å². The van der Waals surface area contributed by atoms with Crippen LogP contribution in [0.25, 0.3) is 0 Å². The number of nitrogens with zero attached hydrogens (tertiary/aromatic N) is 1. The van der Waals surface area contributed by atoms with Crippen molar-refractivity contribution < 1.29 is 17.9 Å². The van der Waals surface area contributed by atoms with Crippen LogP contribution in [-0.2, 0) is 11.2 Å². The Balaban J connectivity index is 1.99. The molecule has 1 aliphatic heterocycles. The van der Waals surface area contributed by atoms with E-state index in [0.717, 1.165) is 0 Å². The fourth-order valence-corrected chi connectivity index (χ4v) is 1.97. The van der Waals surface area contributed by atoms with Gasteiger partial charge in [-0.05, 0) is 12.0 Å². The maximum atomic E-state index is 13.0. The molecule has 0 saturated carbocycles. The lowest BCUT2D eigenvalue weighted by molar-refractivity contribution is -0.160. The molecule has 2 atom stereocenters. The van der Waals surface area contributed by atoms with Crippen LogP contribution < -0.4 is 10.6 Å². The highest BCUT2D eigenvalue weighted by molar-refractivity contribution is 5.16. The van der Waals surface area contributed by atoms with E-state index in [4.69, 9.17) is 4.74 Å². The van der Waals surface area contributed by atoms with Crippen LogP contribution in [0.3, 0.4) is 0 Å². The molecule has 1 aromatic rings. The summed E-state index contributed by atoms with van der Waals surface area (Å²) >= 11 is 0. The minimum Gasteiger partial charge on any atom is -0.377 e. The first-order valence-electron chi connectivity index (χ1n) is 6.17. The molecular formula is C13H16F3N2O. The first-order valence-corrected chi connectivity index (χ1v) is 6.17. The summed E-state index contributed by atoms with van der Waals surface area (Å²) in [6.07, 6.45) is -4.98. The van der Waals surface area contributed by atoms with Crippen LogP contribution in [0.4, 0.5) is 13.2 Å². The Morgan fingerprint density at radius 3 is 2.63 bits per heavy atom. The second kappa shape index (κ2) is 6.36. The predicted octanol–water partition coefficient (Wildman–Crippen LogP) is 1.71. The molecule has 0 spiro atoms. The van der Waals surface area contributed by atoms with Crippen LogP contribution in [0.15, 0.2) is 30.3 Å². The summed E-state index contributed by atoms with van der Waals surface area (Å²) in [5, 5.41) is 6.62. The molecule has 105 valence electrons. The summed E-state index contributed by atoms with van der Waals surface area (Å²) < 4.78 is 44.2. The highest BCUT2D eigenvalue weighted by Gasteiger charge is 2.40. The number of hydrogen-bond acceptors (Lipinski definition) is 2. The third kappa shape index (κ3) is 4.49. The van der Waals surface area contributed by atoms with E-state index in [1.165, 1.54) is 0 Å². The van der Waals surface area contributed by atoms with Gasteiger partial charge < -0.3 is 4.74 Å². The zero-order chi connectivity index (χ0) is 13.7. The van der Waals surface area contributed by atoms with Crippen molar-refractivity contribution in [3.63, 3.8) is 0 Å². The fourth-order valence-electron chi connectivity index (χ4n) is 1.97. The molecule has 2 rings (SSSR count). The Labute approximate surface area is 110 Å². The van der Waals surface area contributed by atoms with E-state index in [0.29, 0.717) is 18.7 Å². The lowest BCUT2D eigenvalue weighted by atomic mass is 10.1. The van der Waals surface area contributed by atoms with Crippen LogP contribution in [0.5, 0.6) is 0 Å². The highest BCUT2D eigenvalue weighted by atomic mass is 19.4. The van der Waals surface area contributed by atoms with Crippen molar-refractivity contribution in [3.8, 4) is 0 Å². The van der Waals surface area contributed by atoms with E-state index in [1.807, 2.05) is 0 Å². The van der Waals surface area contributed by atoms with Gasteiger partial charge in [0.15, 0.2) is 0 Å². The third-order valence-corrected chi connectivity index (χ3v) is 2.93. The molecular weight excluding hydrogens is 257 g/mol. The molecule has 1 fully saturated rings. The molecule has 0 aliphatic carbocycles. The van der Waals surface area contributed by atoms with Gasteiger partial charge in [0.05, 0.1) is 19.4 Å². The Morgan fingerprint density at radius 2 is 2.05 bits per heavy atom. The summed E-state index contributed by atoms with van der Waals surface area (Å²) in [6.45, 7) is 1.11. The van der Waals surface area contributed by atoms with E-state index in [2.05, 4.69) is 10.6 Å². The number of hydrogen-bond donors (Lipinski definition) is 1. The van der Waals surface area contributed by atoms with Gasteiger partial charge in [0, 0.05) is 6.54 Å². The predicted molar refractivity (Wildman–Crippen MR) is 64.7 cm³/mol. The van der Waals surface area contributed by atoms with Gasteiger partial charge in [-0.1, -0.05) is 30.3 Å². The molecule has 1 N–H and O–H groups in total. The van der Waals surface area contributed by atoms with Crippen LogP contribution in [0.2, 0.25) is 0 Å². The summed E-state index contributed by atoms with van der Waals surface area (Å²) in [5.74, 6) is 0. The highest BCUT2D eigenvalue weighted by Crippen LogP contribution is 2.23. The SMILES string of the molecule is FC(F)(F)C(Cc1ccccc1)NC1COCC[N]1. The van der Waals surface area contributed by atoms with Crippen molar-refractivity contribution >= 4 is 0 Å². The summed E-state index contributed by atoms with van der Waals surface area (Å²) in [4.78, 5) is 0. The van der Waals surface area contributed by atoms with E-state index < -0.39 is 18.4 Å². The number of benzene rings is 1. The quantitative estimate of drug-likeness (QED) is 0.906. The minimum absolute atomic E-state index is 0.101. The Bertz CT molecular complexity index is 377.